The van der Waals surface area contributed by atoms with Gasteiger partial charge in [0, 0.05) is 33.4 Å². The number of guanidine groups is 1. The summed E-state index contributed by atoms with van der Waals surface area (Å²) in [7, 11) is -1.98. The van der Waals surface area contributed by atoms with Crippen molar-refractivity contribution < 1.29 is 68.1 Å². The zero-order chi connectivity index (χ0) is 67.6. The molecule has 90 heavy (non-hydrogen) atoms. The lowest BCUT2D eigenvalue weighted by atomic mass is 9.94. The number of carbonyl (C=O) groups excluding carboxylic acids is 11. The number of aliphatic hydroxyl groups is 3. The van der Waals surface area contributed by atoms with Gasteiger partial charge >= 0.3 is 0 Å². The van der Waals surface area contributed by atoms with Crippen molar-refractivity contribution in [1.82, 2.24) is 63.5 Å². The molecule has 2 heterocycles. The van der Waals surface area contributed by atoms with Crippen molar-refractivity contribution in [2.75, 3.05) is 19.7 Å². The molecular formula is C59H96N16O14Si. The fraction of sp³-hybridized carbons (Fsp3) is 0.610. The maximum Gasteiger partial charge on any atom is 0.245 e. The van der Waals surface area contributed by atoms with Crippen LogP contribution in [0.15, 0.2) is 59.9 Å². The number of aliphatic imine (C=N–C) groups is 1. The second-order valence-electron chi connectivity index (χ2n) is 24.2. The Labute approximate surface area is 526 Å². The number of nitrogens with two attached hydrogens (primary N) is 3. The van der Waals surface area contributed by atoms with Crippen molar-refractivity contribution in [3.05, 3.63) is 66.0 Å². The third kappa shape index (κ3) is 25.0. The number of nitrogens with one attached hydrogen (secondary N) is 11. The fourth-order valence-corrected chi connectivity index (χ4v) is 11.0. The van der Waals surface area contributed by atoms with Crippen LogP contribution in [0.4, 0.5) is 0 Å². The molecule has 0 bridgehead atoms. The lowest BCUT2D eigenvalue weighted by molar-refractivity contribution is -0.139. The van der Waals surface area contributed by atoms with Crippen LogP contribution in [-0.4, -0.2) is 192 Å². The SMILES string of the molecule is CCCC[C@@H]1NC(=O)[C@H]([C@H](O)C(C)C)NC(=O)[C@@H](NC(=O)[C@H](Cc2cccnc2)NC(=O)[C@H](N)C[Si](C)(C)C)[C@@H](c2ccccc2)NC(=O)C(CO)NC(=O)[C@H](C)NC(=O)CNC(=O)[C@H]([C@H](C)O)NC(=O)[C@H]([C@@H](C)CC)NC(=O)[C@@H](CCCN=C(N)N)NC1=O. The number of amides is 11. The maximum absolute atomic E-state index is 15.5. The number of benzene rings is 1. The summed E-state index contributed by atoms with van der Waals surface area (Å²) in [6.45, 7) is 14.7. The van der Waals surface area contributed by atoms with Gasteiger partial charge in [-0.1, -0.05) is 110 Å². The number of rotatable bonds is 22. The van der Waals surface area contributed by atoms with Gasteiger partial charge in [-0.3, -0.25) is 62.7 Å². The number of unbranched alkanes of at least 4 members (excludes halogenated alkanes) is 1. The van der Waals surface area contributed by atoms with Crippen LogP contribution in [-0.2, 0) is 59.2 Å². The molecule has 1 aromatic heterocycles. The van der Waals surface area contributed by atoms with Crippen molar-refractivity contribution in [2.24, 2.45) is 34.0 Å². The molecule has 0 spiro atoms. The number of nitrogens with zero attached hydrogens (tertiary/aromatic N) is 2. The molecule has 1 unspecified atom stereocenters. The van der Waals surface area contributed by atoms with Crippen molar-refractivity contribution in [1.29, 1.82) is 0 Å². The summed E-state index contributed by atoms with van der Waals surface area (Å²) in [6.07, 6.45) is 0.354. The molecular weight excluding hydrogens is 1180 g/mol. The van der Waals surface area contributed by atoms with E-state index >= 15 is 9.59 Å². The van der Waals surface area contributed by atoms with E-state index < -0.39 is 177 Å². The first-order valence-electron chi connectivity index (χ1n) is 30.3. The molecule has 1 aliphatic heterocycles. The molecule has 3 rings (SSSR count). The zero-order valence-corrected chi connectivity index (χ0v) is 54.1. The van der Waals surface area contributed by atoms with Crippen molar-refractivity contribution in [3.8, 4) is 0 Å². The second-order valence-corrected chi connectivity index (χ2v) is 29.7. The predicted molar refractivity (Wildman–Crippen MR) is 336 cm³/mol. The summed E-state index contributed by atoms with van der Waals surface area (Å²) in [5.41, 5.74) is 18.1. The van der Waals surface area contributed by atoms with E-state index in [4.69, 9.17) is 17.2 Å². The summed E-state index contributed by atoms with van der Waals surface area (Å²) >= 11 is 0. The first kappa shape index (κ1) is 76.1. The van der Waals surface area contributed by atoms with E-state index in [2.05, 4.69) is 68.5 Å². The van der Waals surface area contributed by atoms with E-state index in [9.17, 15) is 58.5 Å². The van der Waals surface area contributed by atoms with Crippen LogP contribution >= 0.6 is 0 Å². The summed E-state index contributed by atoms with van der Waals surface area (Å²) in [5.74, 6) is -12.8. The van der Waals surface area contributed by atoms with Gasteiger partial charge in [-0.2, -0.15) is 0 Å². The molecule has 1 aromatic carbocycles. The highest BCUT2D eigenvalue weighted by Crippen LogP contribution is 2.21. The molecule has 30 nitrogen and oxygen atoms in total. The van der Waals surface area contributed by atoms with Gasteiger partial charge in [0.15, 0.2) is 5.96 Å². The molecule has 1 fully saturated rings. The van der Waals surface area contributed by atoms with Gasteiger partial charge in [-0.15, -0.1) is 0 Å². The topological polar surface area (TPSA) is 484 Å². The van der Waals surface area contributed by atoms with E-state index in [0.717, 1.165) is 0 Å². The maximum atomic E-state index is 15.5. The molecule has 0 radical (unpaired) electrons. The highest BCUT2D eigenvalue weighted by atomic mass is 28.3. The average Bonchev–Trinajstić information content (AvgIpc) is 2.78. The molecule has 11 amide bonds. The molecule has 20 N–H and O–H groups in total. The van der Waals surface area contributed by atoms with Crippen LogP contribution in [0, 0.1) is 11.8 Å². The van der Waals surface area contributed by atoms with Gasteiger partial charge in [-0.25, -0.2) is 0 Å². The molecule has 500 valence electrons. The Bertz CT molecular complexity index is 2770. The van der Waals surface area contributed by atoms with Crippen molar-refractivity contribution in [2.45, 2.75) is 198 Å². The largest absolute Gasteiger partial charge is 0.394 e. The fourth-order valence-electron chi connectivity index (χ4n) is 9.47. The highest BCUT2D eigenvalue weighted by molar-refractivity contribution is 6.76. The molecule has 0 aliphatic carbocycles. The first-order chi connectivity index (χ1) is 42.3. The minimum atomic E-state index is -2.02. The minimum absolute atomic E-state index is 0.0119. The molecule has 1 aliphatic rings. The van der Waals surface area contributed by atoms with Gasteiger partial charge in [0.25, 0.3) is 0 Å². The molecule has 2 aromatic rings. The number of aliphatic hydroxyl groups excluding tert-OH is 3. The van der Waals surface area contributed by atoms with Crippen LogP contribution in [0.1, 0.15) is 104 Å². The molecule has 31 heteroatoms. The van der Waals surface area contributed by atoms with E-state index in [0.29, 0.717) is 24.4 Å². The van der Waals surface area contributed by atoms with Gasteiger partial charge in [0.2, 0.25) is 65.0 Å². The molecule has 0 saturated carbocycles. The zero-order valence-electron chi connectivity index (χ0n) is 53.1. The van der Waals surface area contributed by atoms with Gasteiger partial charge in [0.05, 0.1) is 37.4 Å². The monoisotopic (exact) mass is 1280 g/mol. The Hall–Kier alpha value is -8.13. The summed E-state index contributed by atoms with van der Waals surface area (Å²) in [5, 5.41) is 61.2. The third-order valence-corrected chi connectivity index (χ3v) is 16.5. The number of hydrogen-bond acceptors (Lipinski definition) is 17. The lowest BCUT2D eigenvalue weighted by Gasteiger charge is -2.34. The van der Waals surface area contributed by atoms with Crippen molar-refractivity contribution in [3.63, 3.8) is 0 Å². The Morgan fingerprint density at radius 2 is 1.28 bits per heavy atom. The first-order valence-corrected chi connectivity index (χ1v) is 34.1. The average molecular weight is 1280 g/mol. The lowest BCUT2D eigenvalue weighted by Crippen LogP contribution is -2.65. The van der Waals surface area contributed by atoms with Crippen LogP contribution in [0.5, 0.6) is 0 Å². The van der Waals surface area contributed by atoms with Gasteiger partial charge in [-0.05, 0) is 68.2 Å². The summed E-state index contributed by atoms with van der Waals surface area (Å²) in [4.78, 5) is 166. The van der Waals surface area contributed by atoms with E-state index in [-0.39, 0.29) is 50.2 Å². The van der Waals surface area contributed by atoms with Crippen LogP contribution in [0.3, 0.4) is 0 Å². The minimum Gasteiger partial charge on any atom is -0.394 e. The Balaban J connectivity index is 2.37. The van der Waals surface area contributed by atoms with E-state index in [1.807, 2.05) is 26.6 Å². The standard InChI is InChI=1S/C59H96N16O14Si/c1-11-13-22-38-51(82)67-39(23-18-25-64-59(61)62)52(83)71-43(32(5)12-2)56(87)72-44(34(7)77)55(86)65-28-42(78)66-33(6)49(80)70-41(29-76)54(85)73-45(36-20-15-14-16-21-36)46(57(88)75-47(58(89)68-38)48(79)31(3)4)74-53(84)40(26-35-19-17-24-63-27-35)69-50(81)37(60)30-90(8,9)10/h14-17,19-21,24,27,31-34,37-41,43-48,76-77,79H,11-13,18,22-23,25-26,28-30,60H2,1-10H3,(H,65,86)(H,66,78)(H,67,82)(H,68,89)(H,69,81)(H,70,80)(H,71,83)(H,72,87)(H,73,85)(H,74,84)(H,75,88)(H4,61,62,64)/t32-,33-,34-,37+,38-,39+,40-,41?,43-,44-,45+,46-,47-,48+/m0/s1. The Morgan fingerprint density at radius 3 is 1.84 bits per heavy atom. The van der Waals surface area contributed by atoms with Crippen molar-refractivity contribution >= 4 is 79.0 Å². The number of hydrogen-bond donors (Lipinski definition) is 17. The number of carbonyl (C=O) groups is 11. The van der Waals surface area contributed by atoms with Crippen LogP contribution < -0.4 is 75.7 Å². The molecule has 14 atom stereocenters. The highest BCUT2D eigenvalue weighted by Gasteiger charge is 2.42. The number of pyridine rings is 1. The quantitative estimate of drug-likeness (QED) is 0.0234. The summed E-state index contributed by atoms with van der Waals surface area (Å²) in [6, 6.07) is -6.47. The van der Waals surface area contributed by atoms with Crippen LogP contribution in [0.2, 0.25) is 25.7 Å². The number of aromatic nitrogens is 1. The third-order valence-electron chi connectivity index (χ3n) is 14.9. The predicted octanol–water partition coefficient (Wildman–Crippen LogP) is -3.66. The van der Waals surface area contributed by atoms with Gasteiger partial charge < -0.3 is 91.0 Å². The second kappa shape index (κ2) is 37.1. The van der Waals surface area contributed by atoms with Crippen LogP contribution in [0.25, 0.3) is 0 Å². The van der Waals surface area contributed by atoms with Gasteiger partial charge in [0.1, 0.15) is 54.4 Å². The molecule has 1 saturated heterocycles. The normalized spacial score (nSPS) is 24.3. The smallest absolute Gasteiger partial charge is 0.245 e. The Kier molecular flexibility index (Phi) is 31.4. The van der Waals surface area contributed by atoms with E-state index in [1.165, 1.54) is 64.4 Å². The van der Waals surface area contributed by atoms with E-state index in [1.54, 1.807) is 32.0 Å². The summed E-state index contributed by atoms with van der Waals surface area (Å²) < 4.78 is 0. The Morgan fingerprint density at radius 1 is 0.700 bits per heavy atom.